The lowest BCUT2D eigenvalue weighted by Gasteiger charge is -2.08. The van der Waals surface area contributed by atoms with Crippen molar-refractivity contribution in [2.45, 2.75) is 6.54 Å². The second-order valence-corrected chi connectivity index (χ2v) is 4.70. The van der Waals surface area contributed by atoms with Crippen LogP contribution in [0.1, 0.15) is 21.5 Å². The van der Waals surface area contributed by atoms with Crippen molar-refractivity contribution < 1.29 is 14.3 Å². The molecule has 0 bridgehead atoms. The summed E-state index contributed by atoms with van der Waals surface area (Å²) in [7, 11) is 0. The molecule has 0 unspecified atom stereocenters. The molecule has 0 aromatic heterocycles. The van der Waals surface area contributed by atoms with Gasteiger partial charge >= 0.3 is 0 Å². The fraction of sp³-hybridized carbons (Fsp3) is 0.0667. The predicted molar refractivity (Wildman–Crippen MR) is 75.4 cm³/mol. The van der Waals surface area contributed by atoms with Gasteiger partial charge in [-0.2, -0.15) is 5.26 Å². The van der Waals surface area contributed by atoms with E-state index in [1.54, 1.807) is 0 Å². The third-order valence-electron chi connectivity index (χ3n) is 2.82. The minimum atomic E-state index is -0.579. The van der Waals surface area contributed by atoms with Gasteiger partial charge in [0.25, 0.3) is 5.91 Å². The second-order valence-electron chi connectivity index (χ2n) is 4.26. The number of hydrogen-bond acceptors (Lipinski definition) is 3. The van der Waals surface area contributed by atoms with Crippen LogP contribution in [0.25, 0.3) is 0 Å². The van der Waals surface area contributed by atoms with Crippen molar-refractivity contribution in [1.82, 2.24) is 5.32 Å². The van der Waals surface area contributed by atoms with Gasteiger partial charge in [-0.3, -0.25) is 4.79 Å². The molecule has 0 fully saturated rings. The normalized spacial score (nSPS) is 9.95. The summed E-state index contributed by atoms with van der Waals surface area (Å²) in [4.78, 5) is 11.9. The molecule has 2 N–H and O–H groups in total. The first-order valence-corrected chi connectivity index (χ1v) is 6.34. The first-order valence-electron chi connectivity index (χ1n) is 5.96. The van der Waals surface area contributed by atoms with E-state index in [1.165, 1.54) is 30.3 Å². The number of hydrogen-bond donors (Lipinski definition) is 2. The van der Waals surface area contributed by atoms with Crippen LogP contribution in [0.3, 0.4) is 0 Å². The minimum Gasteiger partial charge on any atom is -0.507 e. The highest BCUT2D eigenvalue weighted by Crippen LogP contribution is 2.21. The van der Waals surface area contributed by atoms with E-state index in [0.29, 0.717) is 5.02 Å². The SMILES string of the molecule is N#Cc1ccc(CNC(=O)c2cc(Cl)ccc2O)c(F)c1. The molecule has 0 atom stereocenters. The first kappa shape index (κ1) is 14.8. The average molecular weight is 305 g/mol. The van der Waals surface area contributed by atoms with E-state index in [4.69, 9.17) is 16.9 Å². The highest BCUT2D eigenvalue weighted by atomic mass is 35.5. The Balaban J connectivity index is 2.11. The zero-order valence-electron chi connectivity index (χ0n) is 10.7. The van der Waals surface area contributed by atoms with Crippen molar-refractivity contribution in [2.24, 2.45) is 0 Å². The summed E-state index contributed by atoms with van der Waals surface area (Å²) >= 11 is 5.75. The van der Waals surface area contributed by atoms with Gasteiger partial charge in [-0.15, -0.1) is 0 Å². The number of amides is 1. The van der Waals surface area contributed by atoms with Gasteiger partial charge in [0.2, 0.25) is 0 Å². The zero-order chi connectivity index (χ0) is 15.4. The number of nitrogens with zero attached hydrogens (tertiary/aromatic N) is 1. The van der Waals surface area contributed by atoms with Crippen LogP contribution in [0, 0.1) is 17.1 Å². The van der Waals surface area contributed by atoms with Crippen molar-refractivity contribution in [3.8, 4) is 11.8 Å². The first-order chi connectivity index (χ1) is 10.0. The molecule has 2 rings (SSSR count). The molecule has 0 heterocycles. The van der Waals surface area contributed by atoms with Crippen LogP contribution in [-0.4, -0.2) is 11.0 Å². The van der Waals surface area contributed by atoms with Gasteiger partial charge < -0.3 is 10.4 Å². The second kappa shape index (κ2) is 6.25. The standard InChI is InChI=1S/C15H10ClFN2O2/c16-11-3-4-14(20)12(6-11)15(21)19-8-10-2-1-9(7-18)5-13(10)17/h1-6,20H,8H2,(H,19,21). The Hall–Kier alpha value is -2.58. The third kappa shape index (κ3) is 3.50. The van der Waals surface area contributed by atoms with Crippen LogP contribution >= 0.6 is 11.6 Å². The lowest BCUT2D eigenvalue weighted by atomic mass is 10.1. The molecule has 106 valence electrons. The number of aromatic hydroxyl groups is 1. The maximum atomic E-state index is 13.7. The molecule has 0 radical (unpaired) electrons. The molecular formula is C15H10ClFN2O2. The topological polar surface area (TPSA) is 73.1 Å². The Kier molecular flexibility index (Phi) is 4.41. The van der Waals surface area contributed by atoms with Crippen LogP contribution in [0.15, 0.2) is 36.4 Å². The maximum Gasteiger partial charge on any atom is 0.255 e. The molecule has 1 amide bonds. The quantitative estimate of drug-likeness (QED) is 0.915. The Labute approximate surface area is 125 Å². The van der Waals surface area contributed by atoms with Crippen LogP contribution in [-0.2, 0) is 6.54 Å². The molecule has 2 aromatic rings. The number of nitriles is 1. The largest absolute Gasteiger partial charge is 0.507 e. The number of benzene rings is 2. The average Bonchev–Trinajstić information content (AvgIpc) is 2.48. The summed E-state index contributed by atoms with van der Waals surface area (Å²) in [5.74, 6) is -1.36. The fourth-order valence-corrected chi connectivity index (χ4v) is 1.89. The molecule has 0 aliphatic rings. The predicted octanol–water partition coefficient (Wildman–Crippen LogP) is 2.99. The number of rotatable bonds is 3. The number of nitrogens with one attached hydrogen (secondary N) is 1. The molecular weight excluding hydrogens is 295 g/mol. The lowest BCUT2D eigenvalue weighted by molar-refractivity contribution is 0.0948. The molecule has 4 nitrogen and oxygen atoms in total. The summed E-state index contributed by atoms with van der Waals surface area (Å²) in [5, 5.41) is 21.0. The van der Waals surface area contributed by atoms with Gasteiger partial charge in [-0.1, -0.05) is 17.7 Å². The van der Waals surface area contributed by atoms with Gasteiger partial charge in [0.1, 0.15) is 11.6 Å². The van der Waals surface area contributed by atoms with Crippen LogP contribution in [0.4, 0.5) is 4.39 Å². The van der Waals surface area contributed by atoms with Gasteiger partial charge in [0.05, 0.1) is 17.2 Å². The van der Waals surface area contributed by atoms with E-state index < -0.39 is 11.7 Å². The van der Waals surface area contributed by atoms with Crippen molar-refractivity contribution in [3.05, 3.63) is 63.9 Å². The summed E-state index contributed by atoms with van der Waals surface area (Å²) < 4.78 is 13.7. The highest BCUT2D eigenvalue weighted by Gasteiger charge is 2.12. The van der Waals surface area contributed by atoms with Crippen molar-refractivity contribution in [2.75, 3.05) is 0 Å². The van der Waals surface area contributed by atoms with E-state index >= 15 is 0 Å². The summed E-state index contributed by atoms with van der Waals surface area (Å²) in [6.07, 6.45) is 0. The third-order valence-corrected chi connectivity index (χ3v) is 3.06. The van der Waals surface area contributed by atoms with Crippen molar-refractivity contribution >= 4 is 17.5 Å². The van der Waals surface area contributed by atoms with Crippen LogP contribution < -0.4 is 5.32 Å². The van der Waals surface area contributed by atoms with Crippen LogP contribution in [0.2, 0.25) is 5.02 Å². The summed E-state index contributed by atoms with van der Waals surface area (Å²) in [5.41, 5.74) is 0.454. The Morgan fingerprint density at radius 1 is 1.33 bits per heavy atom. The summed E-state index contributed by atoms with van der Waals surface area (Å²) in [6.45, 7) is -0.0671. The molecule has 2 aromatic carbocycles. The van der Waals surface area contributed by atoms with E-state index in [0.717, 1.165) is 6.07 Å². The number of phenolic OH excluding ortho intramolecular Hbond substituents is 1. The molecule has 0 saturated carbocycles. The molecule has 0 aliphatic heterocycles. The van der Waals surface area contributed by atoms with Crippen LogP contribution in [0.5, 0.6) is 5.75 Å². The summed E-state index contributed by atoms with van der Waals surface area (Å²) in [6, 6.07) is 9.88. The molecule has 6 heteroatoms. The smallest absolute Gasteiger partial charge is 0.255 e. The number of carbonyl (C=O) groups is 1. The van der Waals surface area contributed by atoms with Crippen molar-refractivity contribution in [1.29, 1.82) is 5.26 Å². The number of phenols is 1. The lowest BCUT2D eigenvalue weighted by Crippen LogP contribution is -2.23. The maximum absolute atomic E-state index is 13.7. The van der Waals surface area contributed by atoms with Gasteiger partial charge in [0, 0.05) is 17.1 Å². The van der Waals surface area contributed by atoms with E-state index in [1.807, 2.05) is 6.07 Å². The Bertz CT molecular complexity index is 741. The minimum absolute atomic E-state index is 0.0107. The zero-order valence-corrected chi connectivity index (χ0v) is 11.5. The van der Waals surface area contributed by atoms with E-state index in [9.17, 15) is 14.3 Å². The van der Waals surface area contributed by atoms with Gasteiger partial charge in [-0.25, -0.2) is 4.39 Å². The molecule has 0 saturated heterocycles. The van der Waals surface area contributed by atoms with E-state index in [-0.39, 0.29) is 29.0 Å². The molecule has 0 spiro atoms. The van der Waals surface area contributed by atoms with Gasteiger partial charge in [0.15, 0.2) is 0 Å². The monoisotopic (exact) mass is 304 g/mol. The molecule has 0 aliphatic carbocycles. The fourth-order valence-electron chi connectivity index (χ4n) is 1.72. The van der Waals surface area contributed by atoms with Gasteiger partial charge in [-0.05, 0) is 30.3 Å². The number of carbonyl (C=O) groups excluding carboxylic acids is 1. The Morgan fingerprint density at radius 2 is 2.10 bits per heavy atom. The number of halogens is 2. The van der Waals surface area contributed by atoms with E-state index in [2.05, 4.69) is 5.32 Å². The van der Waals surface area contributed by atoms with Crippen molar-refractivity contribution in [3.63, 3.8) is 0 Å². The molecule has 21 heavy (non-hydrogen) atoms. The highest BCUT2D eigenvalue weighted by molar-refractivity contribution is 6.31. The Morgan fingerprint density at radius 3 is 2.76 bits per heavy atom.